The minimum absolute atomic E-state index is 0.155. The summed E-state index contributed by atoms with van der Waals surface area (Å²) in [5, 5.41) is 0. The van der Waals surface area contributed by atoms with Crippen molar-refractivity contribution in [1.29, 1.82) is 0 Å². The molecule has 10 heteroatoms. The molecule has 0 atom stereocenters. The Morgan fingerprint density at radius 3 is 1.08 bits per heavy atom. The maximum Gasteiger partial charge on any atom is 0.343 e. The fraction of sp³-hybridized carbons (Fsp3) is 0.391. The van der Waals surface area contributed by atoms with Gasteiger partial charge in [0, 0.05) is 17.5 Å². The lowest BCUT2D eigenvalue weighted by atomic mass is 10.1. The summed E-state index contributed by atoms with van der Waals surface area (Å²) < 4.78 is 41.8. The van der Waals surface area contributed by atoms with Crippen molar-refractivity contribution in [2.45, 2.75) is 136 Å². The van der Waals surface area contributed by atoms with Crippen LogP contribution in [0.4, 0.5) is 0 Å². The fourth-order valence-corrected chi connectivity index (χ4v) is 8.88. The SMILES string of the molecule is CCCCCCCCOc1ccc(-c2ccc(OCCCCC(=O)OC3c4cc(OC(=O)c5ccc(OCCCCCC)cc5)ccc4-c4ccc(OC(=O)c5ccc(OCCCCCC)cc5)cc43)cc2)cc1. The number of carbonyl (C=O) groups excluding carboxylic acids is 3. The van der Waals surface area contributed by atoms with Crippen molar-refractivity contribution in [3.63, 3.8) is 0 Å². The third-order valence-electron chi connectivity index (χ3n) is 13.1. The van der Waals surface area contributed by atoms with E-state index in [2.05, 4.69) is 32.9 Å². The van der Waals surface area contributed by atoms with E-state index >= 15 is 0 Å². The van der Waals surface area contributed by atoms with Crippen molar-refractivity contribution in [3.05, 3.63) is 156 Å². The van der Waals surface area contributed by atoms with Crippen molar-refractivity contribution in [3.8, 4) is 56.8 Å². The first kappa shape index (κ1) is 54.7. The largest absolute Gasteiger partial charge is 0.494 e. The Kier molecular flexibility index (Phi) is 21.9. The zero-order valence-electron chi connectivity index (χ0n) is 43.7. The van der Waals surface area contributed by atoms with Gasteiger partial charge in [-0.05, 0) is 151 Å². The molecule has 0 amide bonds. The molecule has 10 nitrogen and oxygen atoms in total. The first-order valence-corrected chi connectivity index (χ1v) is 27.2. The number of unbranched alkanes of at least 4 members (excludes halogenated alkanes) is 12. The average molecular weight is 1000 g/mol. The maximum absolute atomic E-state index is 13.7. The highest BCUT2D eigenvalue weighted by atomic mass is 16.6. The van der Waals surface area contributed by atoms with Crippen LogP contribution in [0, 0.1) is 0 Å². The molecule has 0 saturated heterocycles. The third-order valence-corrected chi connectivity index (χ3v) is 13.1. The van der Waals surface area contributed by atoms with E-state index in [1.807, 2.05) is 48.5 Å². The molecule has 1 aliphatic rings. The zero-order valence-corrected chi connectivity index (χ0v) is 43.7. The van der Waals surface area contributed by atoms with Crippen LogP contribution < -0.4 is 28.4 Å². The van der Waals surface area contributed by atoms with E-state index in [1.54, 1.807) is 72.8 Å². The molecule has 0 fully saturated rings. The van der Waals surface area contributed by atoms with Gasteiger partial charge in [0.25, 0.3) is 0 Å². The molecule has 6 aromatic carbocycles. The Morgan fingerprint density at radius 1 is 0.365 bits per heavy atom. The molecule has 0 aliphatic heterocycles. The molecule has 0 heterocycles. The topological polar surface area (TPSA) is 116 Å². The predicted molar refractivity (Wildman–Crippen MR) is 292 cm³/mol. The molecule has 0 spiro atoms. The second-order valence-electron chi connectivity index (χ2n) is 19.0. The lowest BCUT2D eigenvalue weighted by Gasteiger charge is -2.17. The third kappa shape index (κ3) is 16.7. The van der Waals surface area contributed by atoms with Crippen molar-refractivity contribution in [2.24, 2.45) is 0 Å². The van der Waals surface area contributed by atoms with Gasteiger partial charge < -0.3 is 33.2 Å². The summed E-state index contributed by atoms with van der Waals surface area (Å²) in [7, 11) is 0. The summed E-state index contributed by atoms with van der Waals surface area (Å²) in [6.07, 6.45) is 16.7. The van der Waals surface area contributed by atoms with Gasteiger partial charge in [0.2, 0.25) is 0 Å². The monoisotopic (exact) mass is 1000 g/mol. The summed E-state index contributed by atoms with van der Waals surface area (Å²) in [6, 6.07) is 40.7. The van der Waals surface area contributed by atoms with Gasteiger partial charge in [-0.2, -0.15) is 0 Å². The van der Waals surface area contributed by atoms with Crippen molar-refractivity contribution in [2.75, 3.05) is 26.4 Å². The van der Waals surface area contributed by atoms with Crippen LogP contribution in [0.1, 0.15) is 168 Å². The Balaban J connectivity index is 0.947. The van der Waals surface area contributed by atoms with E-state index in [1.165, 1.54) is 44.9 Å². The van der Waals surface area contributed by atoms with Crippen LogP contribution in [0.3, 0.4) is 0 Å². The highest BCUT2D eigenvalue weighted by Crippen LogP contribution is 2.48. The van der Waals surface area contributed by atoms with Crippen molar-refractivity contribution in [1.82, 2.24) is 0 Å². The molecule has 0 aromatic heterocycles. The highest BCUT2D eigenvalue weighted by molar-refractivity contribution is 5.92. The van der Waals surface area contributed by atoms with Gasteiger partial charge in [-0.3, -0.25) is 4.79 Å². The Labute approximate surface area is 438 Å². The molecule has 0 radical (unpaired) electrons. The van der Waals surface area contributed by atoms with Gasteiger partial charge in [-0.25, -0.2) is 9.59 Å². The highest BCUT2D eigenvalue weighted by Gasteiger charge is 2.33. The lowest BCUT2D eigenvalue weighted by molar-refractivity contribution is -0.147. The number of ether oxygens (including phenoxy) is 7. The van der Waals surface area contributed by atoms with Gasteiger partial charge in [0.1, 0.15) is 34.5 Å². The fourth-order valence-electron chi connectivity index (χ4n) is 8.88. The minimum atomic E-state index is -0.851. The van der Waals surface area contributed by atoms with Gasteiger partial charge in [0.05, 0.1) is 37.6 Å². The van der Waals surface area contributed by atoms with Crippen LogP contribution in [0.25, 0.3) is 22.3 Å². The Morgan fingerprint density at radius 2 is 0.689 bits per heavy atom. The first-order chi connectivity index (χ1) is 36.3. The summed E-state index contributed by atoms with van der Waals surface area (Å²) >= 11 is 0. The number of rotatable bonds is 32. The van der Waals surface area contributed by atoms with Gasteiger partial charge in [-0.15, -0.1) is 0 Å². The summed E-state index contributed by atoms with van der Waals surface area (Å²) in [6.45, 7) is 9.00. The van der Waals surface area contributed by atoms with E-state index in [0.717, 1.165) is 85.3 Å². The van der Waals surface area contributed by atoms with Gasteiger partial charge in [-0.1, -0.05) is 128 Å². The first-order valence-electron chi connectivity index (χ1n) is 27.2. The van der Waals surface area contributed by atoms with Crippen LogP contribution in [0.2, 0.25) is 0 Å². The van der Waals surface area contributed by atoms with E-state index in [4.69, 9.17) is 33.2 Å². The Bertz CT molecular complexity index is 2540. The number of hydrogen-bond donors (Lipinski definition) is 0. The standard InChI is InChI=1S/C64H74O10/c1-4-7-10-13-14-18-43-70-51-29-21-47(22-30-51)48-23-31-52(32-24-48)71-44-19-15-20-61(65)74-62-59-45-55(72-63(66)49-25-33-53(34-26-49)68-41-16-11-8-5-2)37-39-57(59)58-40-38-56(46-60(58)62)73-64(67)50-27-35-54(36-28-50)69-42-17-12-9-6-3/h21-40,45-46,62H,4-20,41-44H2,1-3H3. The van der Waals surface area contributed by atoms with Crippen molar-refractivity contribution >= 4 is 17.9 Å². The molecule has 74 heavy (non-hydrogen) atoms. The molecule has 0 saturated carbocycles. The molecule has 1 aliphatic carbocycles. The number of esters is 3. The quantitative estimate of drug-likeness (QED) is 0.0230. The smallest absolute Gasteiger partial charge is 0.343 e. The zero-order chi connectivity index (χ0) is 51.7. The van der Waals surface area contributed by atoms with Crippen molar-refractivity contribution < 1.29 is 47.5 Å². The summed E-state index contributed by atoms with van der Waals surface area (Å²) in [5.41, 5.74) is 5.86. The van der Waals surface area contributed by atoms with E-state index < -0.39 is 24.0 Å². The maximum atomic E-state index is 13.7. The number of fused-ring (bicyclic) bond motifs is 3. The van der Waals surface area contributed by atoms with Crippen LogP contribution in [-0.2, 0) is 9.53 Å². The Hall–Kier alpha value is -7.07. The van der Waals surface area contributed by atoms with Crippen LogP contribution in [0.15, 0.2) is 133 Å². The van der Waals surface area contributed by atoms with Crippen LogP contribution in [0.5, 0.6) is 34.5 Å². The number of hydrogen-bond acceptors (Lipinski definition) is 10. The number of carbonyl (C=O) groups is 3. The molecule has 6 aromatic rings. The normalized spacial score (nSPS) is 11.6. The molecule has 7 rings (SSSR count). The average Bonchev–Trinajstić information content (AvgIpc) is 3.72. The van der Waals surface area contributed by atoms with Gasteiger partial charge >= 0.3 is 17.9 Å². The molecular formula is C64H74O10. The molecular weight excluding hydrogens is 929 g/mol. The summed E-state index contributed by atoms with van der Waals surface area (Å²) in [5.74, 6) is 2.16. The lowest BCUT2D eigenvalue weighted by Crippen LogP contribution is -2.12. The number of benzene rings is 6. The molecule has 0 N–H and O–H groups in total. The summed E-state index contributed by atoms with van der Waals surface area (Å²) in [4.78, 5) is 40.4. The van der Waals surface area contributed by atoms with Gasteiger partial charge in [0.15, 0.2) is 6.10 Å². The van der Waals surface area contributed by atoms with E-state index in [-0.39, 0.29) is 6.42 Å². The van der Waals surface area contributed by atoms with E-state index in [0.29, 0.717) is 77.9 Å². The van der Waals surface area contributed by atoms with Crippen LogP contribution >= 0.6 is 0 Å². The second-order valence-corrected chi connectivity index (χ2v) is 19.0. The van der Waals surface area contributed by atoms with Crippen LogP contribution in [-0.4, -0.2) is 44.3 Å². The predicted octanol–water partition coefficient (Wildman–Crippen LogP) is 16.3. The molecule has 0 bridgehead atoms. The molecule has 0 unspecified atom stereocenters. The minimum Gasteiger partial charge on any atom is -0.494 e. The molecule has 390 valence electrons. The second kappa shape index (κ2) is 29.6. The van der Waals surface area contributed by atoms with E-state index in [9.17, 15) is 14.4 Å².